The SMILES string of the molecule is CCNc1cc(C)nc2cc(OC)cc(OC)c12. The van der Waals surface area contributed by atoms with Gasteiger partial charge in [-0.15, -0.1) is 0 Å². The molecule has 1 aromatic carbocycles. The predicted octanol–water partition coefficient (Wildman–Crippen LogP) is 2.99. The van der Waals surface area contributed by atoms with Crippen LogP contribution in [-0.4, -0.2) is 25.7 Å². The molecule has 0 unspecified atom stereocenters. The lowest BCUT2D eigenvalue weighted by atomic mass is 10.1. The maximum atomic E-state index is 5.44. The zero-order valence-corrected chi connectivity index (χ0v) is 11.2. The minimum Gasteiger partial charge on any atom is -0.497 e. The molecule has 0 fully saturated rings. The summed E-state index contributed by atoms with van der Waals surface area (Å²) in [7, 11) is 3.30. The Balaban J connectivity index is 2.76. The number of hydrogen-bond donors (Lipinski definition) is 1. The molecule has 2 aromatic rings. The number of methoxy groups -OCH3 is 2. The molecule has 0 radical (unpaired) electrons. The van der Waals surface area contributed by atoms with Crippen LogP contribution in [-0.2, 0) is 0 Å². The van der Waals surface area contributed by atoms with Gasteiger partial charge in [-0.2, -0.15) is 0 Å². The highest BCUT2D eigenvalue weighted by molar-refractivity contribution is 5.97. The smallest absolute Gasteiger partial charge is 0.134 e. The molecule has 0 atom stereocenters. The van der Waals surface area contributed by atoms with Crippen molar-refractivity contribution in [3.05, 3.63) is 23.9 Å². The maximum Gasteiger partial charge on any atom is 0.134 e. The van der Waals surface area contributed by atoms with Gasteiger partial charge in [-0.3, -0.25) is 4.98 Å². The number of pyridine rings is 1. The van der Waals surface area contributed by atoms with Gasteiger partial charge in [0.05, 0.1) is 25.1 Å². The van der Waals surface area contributed by atoms with Crippen molar-refractivity contribution in [2.75, 3.05) is 26.1 Å². The number of nitrogens with one attached hydrogen (secondary N) is 1. The van der Waals surface area contributed by atoms with Crippen molar-refractivity contribution in [3.8, 4) is 11.5 Å². The number of rotatable bonds is 4. The summed E-state index contributed by atoms with van der Waals surface area (Å²) in [5.74, 6) is 1.52. The molecule has 96 valence electrons. The largest absolute Gasteiger partial charge is 0.497 e. The summed E-state index contributed by atoms with van der Waals surface area (Å²) in [5.41, 5.74) is 2.88. The van der Waals surface area contributed by atoms with E-state index in [2.05, 4.69) is 17.2 Å². The Morgan fingerprint density at radius 3 is 2.56 bits per heavy atom. The summed E-state index contributed by atoms with van der Waals surface area (Å²) < 4.78 is 10.7. The number of aromatic nitrogens is 1. The number of anilines is 1. The van der Waals surface area contributed by atoms with Gasteiger partial charge in [-0.05, 0) is 19.9 Å². The van der Waals surface area contributed by atoms with Crippen molar-refractivity contribution in [2.24, 2.45) is 0 Å². The van der Waals surface area contributed by atoms with E-state index in [0.717, 1.165) is 40.3 Å². The highest BCUT2D eigenvalue weighted by atomic mass is 16.5. The van der Waals surface area contributed by atoms with Gasteiger partial charge in [-0.25, -0.2) is 0 Å². The van der Waals surface area contributed by atoms with E-state index in [-0.39, 0.29) is 0 Å². The summed E-state index contributed by atoms with van der Waals surface area (Å²) in [6, 6.07) is 5.83. The molecular weight excluding hydrogens is 228 g/mol. The molecule has 1 N–H and O–H groups in total. The molecule has 0 saturated carbocycles. The zero-order valence-electron chi connectivity index (χ0n) is 11.2. The van der Waals surface area contributed by atoms with Gasteiger partial charge in [0.25, 0.3) is 0 Å². The first-order chi connectivity index (χ1) is 8.69. The molecule has 4 nitrogen and oxygen atoms in total. The molecule has 0 aliphatic heterocycles. The Kier molecular flexibility index (Phi) is 3.55. The van der Waals surface area contributed by atoms with Gasteiger partial charge in [0.2, 0.25) is 0 Å². The Labute approximate surface area is 107 Å². The van der Waals surface area contributed by atoms with E-state index < -0.39 is 0 Å². The predicted molar refractivity (Wildman–Crippen MR) is 73.7 cm³/mol. The molecule has 1 aromatic heterocycles. The normalized spacial score (nSPS) is 10.4. The lowest BCUT2D eigenvalue weighted by Crippen LogP contribution is -2.01. The quantitative estimate of drug-likeness (QED) is 0.900. The third-order valence-corrected chi connectivity index (χ3v) is 2.80. The second kappa shape index (κ2) is 5.12. The van der Waals surface area contributed by atoms with Crippen LogP contribution in [0.15, 0.2) is 18.2 Å². The van der Waals surface area contributed by atoms with Crippen molar-refractivity contribution < 1.29 is 9.47 Å². The second-order valence-corrected chi connectivity index (χ2v) is 4.07. The van der Waals surface area contributed by atoms with Crippen molar-refractivity contribution in [1.82, 2.24) is 4.98 Å². The average Bonchev–Trinajstić information content (AvgIpc) is 2.37. The number of hydrogen-bond acceptors (Lipinski definition) is 4. The van der Waals surface area contributed by atoms with Crippen LogP contribution in [0.25, 0.3) is 10.9 Å². The van der Waals surface area contributed by atoms with Gasteiger partial charge in [-0.1, -0.05) is 0 Å². The van der Waals surface area contributed by atoms with E-state index in [4.69, 9.17) is 9.47 Å². The molecule has 0 spiro atoms. The Bertz CT molecular complexity index is 567. The molecule has 4 heteroatoms. The van der Waals surface area contributed by atoms with Crippen LogP contribution in [0.5, 0.6) is 11.5 Å². The zero-order chi connectivity index (χ0) is 13.1. The topological polar surface area (TPSA) is 43.4 Å². The van der Waals surface area contributed by atoms with Crippen LogP contribution >= 0.6 is 0 Å². The molecule has 18 heavy (non-hydrogen) atoms. The maximum absolute atomic E-state index is 5.44. The fourth-order valence-corrected chi connectivity index (χ4v) is 2.05. The van der Waals surface area contributed by atoms with E-state index in [1.807, 2.05) is 25.1 Å². The molecule has 0 saturated heterocycles. The Hall–Kier alpha value is -1.97. The van der Waals surface area contributed by atoms with Crippen LogP contribution in [0.2, 0.25) is 0 Å². The highest BCUT2D eigenvalue weighted by Crippen LogP contribution is 2.35. The van der Waals surface area contributed by atoms with E-state index in [0.29, 0.717) is 0 Å². The summed E-state index contributed by atoms with van der Waals surface area (Å²) in [6.07, 6.45) is 0. The minimum absolute atomic E-state index is 0.750. The molecule has 0 aliphatic rings. The highest BCUT2D eigenvalue weighted by Gasteiger charge is 2.11. The number of ether oxygens (including phenoxy) is 2. The fraction of sp³-hybridized carbons (Fsp3) is 0.357. The second-order valence-electron chi connectivity index (χ2n) is 4.07. The van der Waals surface area contributed by atoms with Crippen LogP contribution in [0, 0.1) is 6.92 Å². The molecule has 0 amide bonds. The molecule has 0 bridgehead atoms. The van der Waals surface area contributed by atoms with Crippen molar-refractivity contribution in [1.29, 1.82) is 0 Å². The average molecular weight is 246 g/mol. The number of aryl methyl sites for hydroxylation is 1. The van der Waals surface area contributed by atoms with Gasteiger partial charge >= 0.3 is 0 Å². The lowest BCUT2D eigenvalue weighted by Gasteiger charge is -2.13. The van der Waals surface area contributed by atoms with Crippen molar-refractivity contribution in [2.45, 2.75) is 13.8 Å². The molecule has 1 heterocycles. The summed E-state index contributed by atoms with van der Waals surface area (Å²) >= 11 is 0. The van der Waals surface area contributed by atoms with E-state index in [9.17, 15) is 0 Å². The van der Waals surface area contributed by atoms with Gasteiger partial charge in [0.15, 0.2) is 0 Å². The monoisotopic (exact) mass is 246 g/mol. The lowest BCUT2D eigenvalue weighted by molar-refractivity contribution is 0.398. The Morgan fingerprint density at radius 1 is 1.17 bits per heavy atom. The first-order valence-corrected chi connectivity index (χ1v) is 5.96. The standard InChI is InChI=1S/C14H18N2O2/c1-5-15-11-6-9(2)16-12-7-10(17-3)8-13(18-4)14(11)12/h6-8H,5H2,1-4H3,(H,15,16). The van der Waals surface area contributed by atoms with Gasteiger partial charge < -0.3 is 14.8 Å². The van der Waals surface area contributed by atoms with Crippen LogP contribution in [0.1, 0.15) is 12.6 Å². The Morgan fingerprint density at radius 2 is 1.94 bits per heavy atom. The minimum atomic E-state index is 0.750. The van der Waals surface area contributed by atoms with E-state index >= 15 is 0 Å². The molecule has 0 aliphatic carbocycles. The number of fused-ring (bicyclic) bond motifs is 1. The fourth-order valence-electron chi connectivity index (χ4n) is 2.05. The van der Waals surface area contributed by atoms with Crippen molar-refractivity contribution >= 4 is 16.6 Å². The van der Waals surface area contributed by atoms with E-state index in [1.54, 1.807) is 14.2 Å². The third-order valence-electron chi connectivity index (χ3n) is 2.80. The summed E-state index contributed by atoms with van der Waals surface area (Å²) in [5, 5.41) is 4.33. The summed E-state index contributed by atoms with van der Waals surface area (Å²) in [4.78, 5) is 4.54. The third kappa shape index (κ3) is 2.18. The first kappa shape index (κ1) is 12.5. The van der Waals surface area contributed by atoms with Crippen molar-refractivity contribution in [3.63, 3.8) is 0 Å². The van der Waals surface area contributed by atoms with Gasteiger partial charge in [0, 0.05) is 30.1 Å². The van der Waals surface area contributed by atoms with Crippen LogP contribution in [0.4, 0.5) is 5.69 Å². The summed E-state index contributed by atoms with van der Waals surface area (Å²) in [6.45, 7) is 4.90. The van der Waals surface area contributed by atoms with Gasteiger partial charge in [0.1, 0.15) is 11.5 Å². The van der Waals surface area contributed by atoms with Crippen LogP contribution in [0.3, 0.4) is 0 Å². The number of nitrogens with zero attached hydrogens (tertiary/aromatic N) is 1. The van der Waals surface area contributed by atoms with E-state index in [1.165, 1.54) is 0 Å². The molecule has 2 rings (SSSR count). The number of benzene rings is 1. The van der Waals surface area contributed by atoms with Crippen LogP contribution < -0.4 is 14.8 Å². The molecular formula is C14H18N2O2. The first-order valence-electron chi connectivity index (χ1n) is 5.96.